The highest BCUT2D eigenvalue weighted by atomic mass is 16.3. The number of pyridine rings is 2. The number of rotatable bonds is 5. The third-order valence-corrected chi connectivity index (χ3v) is 2.44. The van der Waals surface area contributed by atoms with Gasteiger partial charge in [-0.05, 0) is 18.2 Å². The van der Waals surface area contributed by atoms with Crippen LogP contribution in [-0.2, 0) is 6.54 Å². The quantitative estimate of drug-likeness (QED) is 0.811. The summed E-state index contributed by atoms with van der Waals surface area (Å²) >= 11 is 0. The maximum atomic E-state index is 9.88. The van der Waals surface area contributed by atoms with E-state index in [1.807, 2.05) is 30.3 Å². The minimum absolute atomic E-state index is 0.488. The second-order valence-electron chi connectivity index (χ2n) is 3.75. The molecule has 0 saturated carbocycles. The summed E-state index contributed by atoms with van der Waals surface area (Å²) in [5, 5.41) is 13.0. The second kappa shape index (κ2) is 6.08. The highest BCUT2D eigenvalue weighted by Crippen LogP contribution is 2.09. The van der Waals surface area contributed by atoms with Crippen molar-refractivity contribution in [2.75, 3.05) is 6.54 Å². The number of aromatic nitrogens is 2. The van der Waals surface area contributed by atoms with Crippen LogP contribution in [0.1, 0.15) is 17.4 Å². The van der Waals surface area contributed by atoms with Gasteiger partial charge in [-0.3, -0.25) is 9.97 Å². The number of nitrogens with zero attached hydrogens (tertiary/aromatic N) is 2. The summed E-state index contributed by atoms with van der Waals surface area (Å²) in [6.45, 7) is 1.14. The number of hydrogen-bond donors (Lipinski definition) is 2. The summed E-state index contributed by atoms with van der Waals surface area (Å²) in [5.74, 6) is 0. The first-order chi connectivity index (χ1) is 8.36. The standard InChI is InChI=1S/C13H15N3O/c17-13(11-4-3-6-14-8-11)10-15-9-12-5-1-2-7-16-12/h1-8,13,15,17H,9-10H2. The first-order valence-corrected chi connectivity index (χ1v) is 5.55. The van der Waals surface area contributed by atoms with Crippen molar-refractivity contribution in [3.8, 4) is 0 Å². The van der Waals surface area contributed by atoms with Crippen LogP contribution in [0.3, 0.4) is 0 Å². The van der Waals surface area contributed by atoms with Gasteiger partial charge in [-0.15, -0.1) is 0 Å². The molecular weight excluding hydrogens is 214 g/mol. The minimum Gasteiger partial charge on any atom is -0.387 e. The Morgan fingerprint density at radius 1 is 1.18 bits per heavy atom. The predicted octanol–water partition coefficient (Wildman–Crippen LogP) is 1.30. The zero-order valence-electron chi connectivity index (χ0n) is 9.45. The Kier molecular flexibility index (Phi) is 4.18. The van der Waals surface area contributed by atoms with Gasteiger partial charge in [-0.1, -0.05) is 12.1 Å². The van der Waals surface area contributed by atoms with Gasteiger partial charge in [0.15, 0.2) is 0 Å². The molecule has 0 aliphatic carbocycles. The molecule has 1 unspecified atom stereocenters. The van der Waals surface area contributed by atoms with Crippen molar-refractivity contribution >= 4 is 0 Å². The van der Waals surface area contributed by atoms with Crippen molar-refractivity contribution in [2.45, 2.75) is 12.6 Å². The van der Waals surface area contributed by atoms with E-state index in [0.29, 0.717) is 13.1 Å². The average molecular weight is 229 g/mol. The van der Waals surface area contributed by atoms with Gasteiger partial charge < -0.3 is 10.4 Å². The normalized spacial score (nSPS) is 12.3. The van der Waals surface area contributed by atoms with Gasteiger partial charge in [-0.2, -0.15) is 0 Å². The van der Waals surface area contributed by atoms with E-state index in [0.717, 1.165) is 11.3 Å². The van der Waals surface area contributed by atoms with Gasteiger partial charge in [0.25, 0.3) is 0 Å². The van der Waals surface area contributed by atoms with Gasteiger partial charge in [0.2, 0.25) is 0 Å². The van der Waals surface area contributed by atoms with Gasteiger partial charge in [0.05, 0.1) is 11.8 Å². The molecule has 1 atom stereocenters. The third kappa shape index (κ3) is 3.62. The van der Waals surface area contributed by atoms with E-state index in [-0.39, 0.29) is 0 Å². The van der Waals surface area contributed by atoms with E-state index in [9.17, 15) is 5.11 Å². The average Bonchev–Trinajstić information content (AvgIpc) is 2.41. The van der Waals surface area contributed by atoms with E-state index in [1.165, 1.54) is 0 Å². The largest absolute Gasteiger partial charge is 0.387 e. The Morgan fingerprint density at radius 2 is 2.12 bits per heavy atom. The summed E-state index contributed by atoms with van der Waals surface area (Å²) in [4.78, 5) is 8.16. The van der Waals surface area contributed by atoms with Crippen LogP contribution in [0.5, 0.6) is 0 Å². The van der Waals surface area contributed by atoms with Gasteiger partial charge in [-0.25, -0.2) is 0 Å². The van der Waals surface area contributed by atoms with Crippen molar-refractivity contribution in [2.24, 2.45) is 0 Å². The second-order valence-corrected chi connectivity index (χ2v) is 3.75. The summed E-state index contributed by atoms with van der Waals surface area (Å²) in [5.41, 5.74) is 1.78. The lowest BCUT2D eigenvalue weighted by atomic mass is 10.1. The maximum Gasteiger partial charge on any atom is 0.0929 e. The highest BCUT2D eigenvalue weighted by Gasteiger charge is 2.06. The van der Waals surface area contributed by atoms with Crippen LogP contribution >= 0.6 is 0 Å². The number of nitrogens with one attached hydrogen (secondary N) is 1. The summed E-state index contributed by atoms with van der Waals surface area (Å²) < 4.78 is 0. The molecule has 0 saturated heterocycles. The van der Waals surface area contributed by atoms with E-state index in [4.69, 9.17) is 0 Å². The Balaban J connectivity index is 1.79. The Labute approximate surface area is 100 Å². The molecule has 2 N–H and O–H groups in total. The van der Waals surface area contributed by atoms with Crippen LogP contribution in [-0.4, -0.2) is 21.6 Å². The zero-order chi connectivity index (χ0) is 11.9. The molecule has 2 aromatic rings. The number of aliphatic hydroxyl groups is 1. The van der Waals surface area contributed by atoms with Crippen LogP contribution in [0, 0.1) is 0 Å². The van der Waals surface area contributed by atoms with Crippen LogP contribution in [0.2, 0.25) is 0 Å². The van der Waals surface area contributed by atoms with E-state index >= 15 is 0 Å². The van der Waals surface area contributed by atoms with Gasteiger partial charge >= 0.3 is 0 Å². The van der Waals surface area contributed by atoms with E-state index in [2.05, 4.69) is 15.3 Å². The SMILES string of the molecule is OC(CNCc1ccccn1)c1cccnc1. The van der Waals surface area contributed by atoms with Gasteiger partial charge in [0.1, 0.15) is 0 Å². The molecule has 0 spiro atoms. The maximum absolute atomic E-state index is 9.88. The molecule has 2 heterocycles. The molecule has 4 nitrogen and oxygen atoms in total. The van der Waals surface area contributed by atoms with Crippen molar-refractivity contribution in [1.29, 1.82) is 0 Å². The van der Waals surface area contributed by atoms with Crippen molar-refractivity contribution < 1.29 is 5.11 Å². The Hall–Kier alpha value is -1.78. The molecule has 88 valence electrons. The summed E-state index contributed by atoms with van der Waals surface area (Å²) in [6.07, 6.45) is 4.59. The first-order valence-electron chi connectivity index (χ1n) is 5.55. The molecule has 0 aromatic carbocycles. The van der Waals surface area contributed by atoms with Crippen molar-refractivity contribution in [3.05, 3.63) is 60.2 Å². The van der Waals surface area contributed by atoms with Crippen LogP contribution in [0.4, 0.5) is 0 Å². The fourth-order valence-electron chi connectivity index (χ4n) is 1.53. The van der Waals surface area contributed by atoms with Crippen molar-refractivity contribution in [3.63, 3.8) is 0 Å². The molecule has 0 amide bonds. The minimum atomic E-state index is -0.535. The molecule has 4 heteroatoms. The topological polar surface area (TPSA) is 58.0 Å². The number of hydrogen-bond acceptors (Lipinski definition) is 4. The molecule has 2 rings (SSSR count). The molecule has 0 radical (unpaired) electrons. The van der Waals surface area contributed by atoms with Gasteiger partial charge in [0, 0.05) is 37.2 Å². The predicted molar refractivity (Wildman–Crippen MR) is 65.1 cm³/mol. The lowest BCUT2D eigenvalue weighted by Gasteiger charge is -2.11. The lowest BCUT2D eigenvalue weighted by Crippen LogP contribution is -2.21. The molecule has 17 heavy (non-hydrogen) atoms. The number of aliphatic hydroxyl groups excluding tert-OH is 1. The van der Waals surface area contributed by atoms with E-state index < -0.39 is 6.10 Å². The molecule has 0 bridgehead atoms. The monoisotopic (exact) mass is 229 g/mol. The van der Waals surface area contributed by atoms with Crippen LogP contribution in [0.25, 0.3) is 0 Å². The smallest absolute Gasteiger partial charge is 0.0929 e. The fourth-order valence-corrected chi connectivity index (χ4v) is 1.53. The molecular formula is C13H15N3O. The summed E-state index contributed by atoms with van der Waals surface area (Å²) in [6, 6.07) is 9.45. The molecule has 0 aliphatic heterocycles. The Morgan fingerprint density at radius 3 is 2.82 bits per heavy atom. The molecule has 0 aliphatic rings. The highest BCUT2D eigenvalue weighted by molar-refractivity contribution is 5.12. The molecule has 0 fully saturated rings. The van der Waals surface area contributed by atoms with E-state index in [1.54, 1.807) is 18.6 Å². The van der Waals surface area contributed by atoms with Crippen LogP contribution in [0.15, 0.2) is 48.9 Å². The third-order valence-electron chi connectivity index (χ3n) is 2.44. The molecule has 2 aromatic heterocycles. The van der Waals surface area contributed by atoms with Crippen molar-refractivity contribution in [1.82, 2.24) is 15.3 Å². The van der Waals surface area contributed by atoms with Crippen LogP contribution < -0.4 is 5.32 Å². The fraction of sp³-hybridized carbons (Fsp3) is 0.231. The Bertz CT molecular complexity index is 433. The lowest BCUT2D eigenvalue weighted by molar-refractivity contribution is 0.174. The zero-order valence-corrected chi connectivity index (χ0v) is 9.45. The first kappa shape index (κ1) is 11.7. The summed E-state index contributed by atoms with van der Waals surface area (Å²) in [7, 11) is 0.